The second-order valence-corrected chi connectivity index (χ2v) is 7.56. The molecule has 0 aromatic heterocycles. The Morgan fingerprint density at radius 1 is 1.21 bits per heavy atom. The van der Waals surface area contributed by atoms with E-state index in [2.05, 4.69) is 48.1 Å². The molecule has 0 amide bonds. The van der Waals surface area contributed by atoms with Crippen LogP contribution in [0.4, 0.5) is 0 Å². The fourth-order valence-electron chi connectivity index (χ4n) is 3.34. The van der Waals surface area contributed by atoms with E-state index >= 15 is 0 Å². The maximum Gasteiger partial charge on any atom is 0.193 e. The summed E-state index contributed by atoms with van der Waals surface area (Å²) in [6.07, 6.45) is 2.43. The van der Waals surface area contributed by atoms with E-state index in [1.807, 2.05) is 12.1 Å². The summed E-state index contributed by atoms with van der Waals surface area (Å²) in [5.41, 5.74) is 1.25. The van der Waals surface area contributed by atoms with Gasteiger partial charge in [-0.15, -0.1) is 24.0 Å². The highest BCUT2D eigenvalue weighted by Gasteiger charge is 2.19. The van der Waals surface area contributed by atoms with Gasteiger partial charge in [0.2, 0.25) is 0 Å². The van der Waals surface area contributed by atoms with Gasteiger partial charge in [-0.2, -0.15) is 0 Å². The molecule has 0 radical (unpaired) electrons. The molecule has 0 bridgehead atoms. The maximum atomic E-state index is 5.86. The van der Waals surface area contributed by atoms with Crippen LogP contribution in [0.5, 0.6) is 5.75 Å². The zero-order chi connectivity index (χ0) is 20.2. The van der Waals surface area contributed by atoms with Crippen molar-refractivity contribution in [3.8, 4) is 5.75 Å². The van der Waals surface area contributed by atoms with Gasteiger partial charge in [0.1, 0.15) is 12.4 Å². The summed E-state index contributed by atoms with van der Waals surface area (Å²) in [6.45, 7) is 11.6. The number of nitrogens with one attached hydrogen (secondary N) is 1. The summed E-state index contributed by atoms with van der Waals surface area (Å²) < 4.78 is 11.0. The standard InChI is InChI=1S/C22H38N4O2.HI/c1-5-23-22(24-18-20-10-12-26(13-11-20)15-16-27-4)25(3)14-17-28-21-8-6-19(2)7-9-21;/h6-9,20H,5,10-18H2,1-4H3,(H,23,24);1H. The summed E-state index contributed by atoms with van der Waals surface area (Å²) in [7, 11) is 3.85. The molecular weight excluding hydrogens is 479 g/mol. The molecule has 0 unspecified atom stereocenters. The van der Waals surface area contributed by atoms with Crippen LogP contribution in [0.1, 0.15) is 25.3 Å². The quantitative estimate of drug-likeness (QED) is 0.293. The number of methoxy groups -OCH3 is 1. The first-order chi connectivity index (χ1) is 13.6. The maximum absolute atomic E-state index is 5.86. The lowest BCUT2D eigenvalue weighted by Crippen LogP contribution is -2.41. The van der Waals surface area contributed by atoms with Crippen molar-refractivity contribution in [2.45, 2.75) is 26.7 Å². The summed E-state index contributed by atoms with van der Waals surface area (Å²) in [6, 6.07) is 8.19. The Bertz CT molecular complexity index is 575. The van der Waals surface area contributed by atoms with E-state index in [0.717, 1.165) is 57.6 Å². The van der Waals surface area contributed by atoms with Gasteiger partial charge in [-0.05, 0) is 57.8 Å². The van der Waals surface area contributed by atoms with Gasteiger partial charge in [0, 0.05) is 33.8 Å². The first-order valence-corrected chi connectivity index (χ1v) is 10.5. The number of hydrogen-bond acceptors (Lipinski definition) is 4. The Morgan fingerprint density at radius 2 is 1.90 bits per heavy atom. The summed E-state index contributed by atoms with van der Waals surface area (Å²) >= 11 is 0. The van der Waals surface area contributed by atoms with Crippen LogP contribution >= 0.6 is 24.0 Å². The molecule has 1 N–H and O–H groups in total. The van der Waals surface area contributed by atoms with Crippen LogP contribution in [-0.2, 0) is 4.74 Å². The van der Waals surface area contributed by atoms with Gasteiger partial charge in [0.15, 0.2) is 5.96 Å². The second kappa shape index (κ2) is 14.8. The van der Waals surface area contributed by atoms with Crippen LogP contribution in [0, 0.1) is 12.8 Å². The predicted molar refractivity (Wildman–Crippen MR) is 132 cm³/mol. The number of rotatable bonds is 10. The third kappa shape index (κ3) is 10.00. The SMILES string of the molecule is CCNC(=NCC1CCN(CCOC)CC1)N(C)CCOc1ccc(C)cc1.I. The molecule has 1 aliphatic rings. The summed E-state index contributed by atoms with van der Waals surface area (Å²) in [5, 5.41) is 3.41. The number of aryl methyl sites for hydroxylation is 1. The topological polar surface area (TPSA) is 49.3 Å². The number of benzene rings is 1. The Labute approximate surface area is 194 Å². The van der Waals surface area contributed by atoms with Crippen molar-refractivity contribution in [2.24, 2.45) is 10.9 Å². The van der Waals surface area contributed by atoms with E-state index < -0.39 is 0 Å². The molecule has 1 heterocycles. The molecular formula is C22H39IN4O2. The second-order valence-electron chi connectivity index (χ2n) is 7.56. The molecule has 0 atom stereocenters. The minimum absolute atomic E-state index is 0. The summed E-state index contributed by atoms with van der Waals surface area (Å²) in [5.74, 6) is 2.56. The average molecular weight is 518 g/mol. The number of guanidine groups is 1. The molecule has 0 saturated carbocycles. The van der Waals surface area contributed by atoms with Gasteiger partial charge in [-0.3, -0.25) is 4.99 Å². The Hall–Kier alpha value is -1.06. The normalized spacial score (nSPS) is 15.7. The number of likely N-dealkylation sites (N-methyl/N-ethyl adjacent to an activating group) is 1. The average Bonchev–Trinajstić information content (AvgIpc) is 2.71. The molecule has 6 nitrogen and oxygen atoms in total. The first-order valence-electron chi connectivity index (χ1n) is 10.5. The van der Waals surface area contributed by atoms with Crippen LogP contribution in [0.15, 0.2) is 29.3 Å². The minimum Gasteiger partial charge on any atom is -0.492 e. The number of halogens is 1. The number of likely N-dealkylation sites (tertiary alicyclic amines) is 1. The number of ether oxygens (including phenoxy) is 2. The van der Waals surface area contributed by atoms with Crippen LogP contribution < -0.4 is 10.1 Å². The van der Waals surface area contributed by atoms with Gasteiger partial charge in [0.25, 0.3) is 0 Å². The highest BCUT2D eigenvalue weighted by molar-refractivity contribution is 14.0. The van der Waals surface area contributed by atoms with Crippen LogP contribution in [0.3, 0.4) is 0 Å². The van der Waals surface area contributed by atoms with E-state index in [1.54, 1.807) is 7.11 Å². The lowest BCUT2D eigenvalue weighted by atomic mass is 9.97. The van der Waals surface area contributed by atoms with E-state index in [9.17, 15) is 0 Å². The van der Waals surface area contributed by atoms with Crippen molar-refractivity contribution >= 4 is 29.9 Å². The number of piperidine rings is 1. The molecule has 166 valence electrons. The molecule has 1 aromatic carbocycles. The Morgan fingerprint density at radius 3 is 2.52 bits per heavy atom. The van der Waals surface area contributed by atoms with Crippen LogP contribution in [0.25, 0.3) is 0 Å². The van der Waals surface area contributed by atoms with Crippen molar-refractivity contribution in [1.82, 2.24) is 15.1 Å². The van der Waals surface area contributed by atoms with Gasteiger partial charge in [-0.25, -0.2) is 0 Å². The van der Waals surface area contributed by atoms with Crippen molar-refractivity contribution in [1.29, 1.82) is 0 Å². The lowest BCUT2D eigenvalue weighted by Gasteiger charge is -2.31. The van der Waals surface area contributed by atoms with E-state index in [1.165, 1.54) is 18.4 Å². The predicted octanol–water partition coefficient (Wildman–Crippen LogP) is 3.25. The molecule has 1 aliphatic heterocycles. The fraction of sp³-hybridized carbons (Fsp3) is 0.682. The number of hydrogen-bond donors (Lipinski definition) is 1. The highest BCUT2D eigenvalue weighted by atomic mass is 127. The fourth-order valence-corrected chi connectivity index (χ4v) is 3.34. The van der Waals surface area contributed by atoms with Crippen LogP contribution in [0.2, 0.25) is 0 Å². The van der Waals surface area contributed by atoms with Gasteiger partial charge in [-0.1, -0.05) is 17.7 Å². The molecule has 7 heteroatoms. The molecule has 0 aliphatic carbocycles. The molecule has 29 heavy (non-hydrogen) atoms. The zero-order valence-corrected chi connectivity index (χ0v) is 20.9. The van der Waals surface area contributed by atoms with Crippen LogP contribution in [-0.4, -0.2) is 82.4 Å². The third-order valence-corrected chi connectivity index (χ3v) is 5.23. The highest BCUT2D eigenvalue weighted by Crippen LogP contribution is 2.17. The number of nitrogens with zero attached hydrogens (tertiary/aromatic N) is 3. The summed E-state index contributed by atoms with van der Waals surface area (Å²) in [4.78, 5) is 9.54. The molecule has 1 saturated heterocycles. The minimum atomic E-state index is 0. The van der Waals surface area contributed by atoms with Crippen molar-refractivity contribution < 1.29 is 9.47 Å². The molecule has 1 fully saturated rings. The molecule has 2 rings (SSSR count). The smallest absolute Gasteiger partial charge is 0.193 e. The van der Waals surface area contributed by atoms with Gasteiger partial charge in [0.05, 0.1) is 13.2 Å². The van der Waals surface area contributed by atoms with Crippen molar-refractivity contribution in [3.63, 3.8) is 0 Å². The zero-order valence-electron chi connectivity index (χ0n) is 18.5. The first kappa shape index (κ1) is 26.0. The monoisotopic (exact) mass is 518 g/mol. The van der Waals surface area contributed by atoms with E-state index in [-0.39, 0.29) is 24.0 Å². The lowest BCUT2D eigenvalue weighted by molar-refractivity contribution is 0.121. The van der Waals surface area contributed by atoms with Crippen molar-refractivity contribution in [3.05, 3.63) is 29.8 Å². The van der Waals surface area contributed by atoms with E-state index in [4.69, 9.17) is 14.5 Å². The number of aliphatic imine (C=N–C) groups is 1. The molecule has 0 spiro atoms. The Kier molecular flexibility index (Phi) is 13.3. The molecule has 1 aromatic rings. The van der Waals surface area contributed by atoms with Gasteiger partial charge >= 0.3 is 0 Å². The van der Waals surface area contributed by atoms with Gasteiger partial charge < -0.3 is 24.6 Å². The Balaban J connectivity index is 0.00000420. The van der Waals surface area contributed by atoms with E-state index in [0.29, 0.717) is 12.5 Å². The largest absolute Gasteiger partial charge is 0.492 e. The van der Waals surface area contributed by atoms with Crippen molar-refractivity contribution in [2.75, 3.05) is 66.6 Å². The third-order valence-electron chi connectivity index (χ3n) is 5.23.